The number of aliphatic hydroxyl groups excluding tert-OH is 1. The molecule has 1 heteroatoms. The Morgan fingerprint density at radius 2 is 0.581 bits per heavy atom. The summed E-state index contributed by atoms with van der Waals surface area (Å²) in [5.41, 5.74) is 1.73. The molecule has 0 amide bonds. The van der Waals surface area contributed by atoms with E-state index in [2.05, 4.69) is 19.9 Å². The van der Waals surface area contributed by atoms with Crippen molar-refractivity contribution in [3.8, 4) is 0 Å². The molecule has 0 radical (unpaired) electrons. The van der Waals surface area contributed by atoms with Crippen molar-refractivity contribution in [2.45, 2.75) is 251 Å². The molecule has 1 N–H and O–H groups in total. The van der Waals surface area contributed by atoms with E-state index >= 15 is 0 Å². The minimum absolute atomic E-state index is 0.349. The first-order valence-corrected chi connectivity index (χ1v) is 20.6. The van der Waals surface area contributed by atoms with Crippen LogP contribution >= 0.6 is 0 Å². The van der Waals surface area contributed by atoms with Crippen molar-refractivity contribution in [3.63, 3.8) is 0 Å². The highest BCUT2D eigenvalue weighted by Gasteiger charge is 2.01. The molecule has 0 aliphatic carbocycles. The van der Waals surface area contributed by atoms with E-state index in [1.54, 1.807) is 5.57 Å². The molecule has 0 aromatic heterocycles. The summed E-state index contributed by atoms with van der Waals surface area (Å²) in [6.45, 7) is 4.96. The predicted octanol–water partition coefficient (Wildman–Crippen LogP) is 15.4. The van der Waals surface area contributed by atoms with Gasteiger partial charge in [0.2, 0.25) is 0 Å². The molecule has 0 spiro atoms. The minimum Gasteiger partial charge on any atom is -0.396 e. The van der Waals surface area contributed by atoms with Crippen molar-refractivity contribution >= 4 is 0 Å². The molecule has 0 fully saturated rings. The van der Waals surface area contributed by atoms with Gasteiger partial charge in [-0.25, -0.2) is 0 Å². The van der Waals surface area contributed by atoms with Gasteiger partial charge in [0.05, 0.1) is 0 Å². The highest BCUT2D eigenvalue weighted by Crippen LogP contribution is 2.21. The molecule has 0 aliphatic rings. The highest BCUT2D eigenvalue weighted by atomic mass is 16.2. The van der Waals surface area contributed by atoms with Crippen molar-refractivity contribution in [2.75, 3.05) is 6.61 Å². The molecule has 0 aromatic rings. The molecule has 258 valence electrons. The van der Waals surface area contributed by atoms with Gasteiger partial charge in [-0.15, -0.1) is 0 Å². The number of allylic oxidation sites excluding steroid dienone is 2. The Labute approximate surface area is 274 Å². The molecule has 0 unspecified atom stereocenters. The molecular weight excluding hydrogens is 520 g/mol. The normalized spacial score (nSPS) is 11.4. The molecule has 0 atom stereocenters. The summed E-state index contributed by atoms with van der Waals surface area (Å²) in [5, 5.41) is 9.13. The van der Waals surface area contributed by atoms with Crippen LogP contribution in [-0.4, -0.2) is 11.7 Å². The SMILES string of the molecule is CCCCCCCCCCCCCCCCCCC(=CCCCCO)CCCCCCCCCCCCCCCCCC. The van der Waals surface area contributed by atoms with Crippen molar-refractivity contribution in [1.82, 2.24) is 0 Å². The lowest BCUT2D eigenvalue weighted by Gasteiger charge is -2.09. The van der Waals surface area contributed by atoms with Crippen LogP contribution in [0.5, 0.6) is 0 Å². The van der Waals surface area contributed by atoms with Crippen LogP contribution in [0, 0.1) is 0 Å². The molecule has 0 bridgehead atoms. The van der Waals surface area contributed by atoms with Gasteiger partial charge in [-0.3, -0.25) is 0 Å². The monoisotopic (exact) mass is 605 g/mol. The van der Waals surface area contributed by atoms with Crippen LogP contribution < -0.4 is 0 Å². The Kier molecular flexibility index (Phi) is 39.4. The fourth-order valence-electron chi connectivity index (χ4n) is 6.69. The van der Waals surface area contributed by atoms with Crippen LogP contribution in [0.4, 0.5) is 0 Å². The Bertz CT molecular complexity index is 471. The summed E-state index contributed by atoms with van der Waals surface area (Å²) in [6, 6.07) is 0. The minimum atomic E-state index is 0.349. The second-order valence-corrected chi connectivity index (χ2v) is 14.2. The van der Waals surface area contributed by atoms with Crippen LogP contribution in [0.3, 0.4) is 0 Å². The average Bonchev–Trinajstić information content (AvgIpc) is 3.02. The second-order valence-electron chi connectivity index (χ2n) is 14.2. The fourth-order valence-corrected chi connectivity index (χ4v) is 6.69. The average molecular weight is 605 g/mol. The van der Waals surface area contributed by atoms with Gasteiger partial charge in [0.1, 0.15) is 0 Å². The van der Waals surface area contributed by atoms with Crippen molar-refractivity contribution in [2.24, 2.45) is 0 Å². The van der Waals surface area contributed by atoms with Crippen LogP contribution in [0.2, 0.25) is 0 Å². The Morgan fingerprint density at radius 3 is 0.837 bits per heavy atom. The first kappa shape index (κ1) is 42.7. The molecule has 43 heavy (non-hydrogen) atoms. The summed E-state index contributed by atoms with van der Waals surface area (Å²) in [5.74, 6) is 0. The third-order valence-electron chi connectivity index (χ3n) is 9.75. The topological polar surface area (TPSA) is 20.2 Å². The lowest BCUT2D eigenvalue weighted by atomic mass is 9.97. The fraction of sp³-hybridized carbons (Fsp3) is 0.952. The number of rotatable bonds is 38. The van der Waals surface area contributed by atoms with E-state index in [1.807, 2.05) is 0 Å². The summed E-state index contributed by atoms with van der Waals surface area (Å²) < 4.78 is 0. The van der Waals surface area contributed by atoms with Gasteiger partial charge in [-0.1, -0.05) is 218 Å². The van der Waals surface area contributed by atoms with E-state index in [0.717, 1.165) is 12.8 Å². The molecule has 0 rings (SSSR count). The molecule has 1 nitrogen and oxygen atoms in total. The van der Waals surface area contributed by atoms with Gasteiger partial charge >= 0.3 is 0 Å². The summed E-state index contributed by atoms with van der Waals surface area (Å²) in [4.78, 5) is 0. The Morgan fingerprint density at radius 1 is 0.326 bits per heavy atom. The standard InChI is InChI=1S/C42H84O/c1-3-5-7-9-11-13-15-17-19-21-23-25-27-29-31-34-38-42(40-36-33-37-41-43)39-35-32-30-28-26-24-22-20-18-16-14-12-10-8-6-4-2/h40,43H,3-39,41H2,1-2H3. The van der Waals surface area contributed by atoms with E-state index < -0.39 is 0 Å². The van der Waals surface area contributed by atoms with Crippen LogP contribution in [0.1, 0.15) is 251 Å². The quantitative estimate of drug-likeness (QED) is 0.0549. The summed E-state index contributed by atoms with van der Waals surface area (Å²) in [6.07, 6.45) is 54.8. The zero-order chi connectivity index (χ0) is 31.2. The third kappa shape index (κ3) is 37.8. The van der Waals surface area contributed by atoms with Crippen LogP contribution in [0.25, 0.3) is 0 Å². The smallest absolute Gasteiger partial charge is 0.0431 e. The van der Waals surface area contributed by atoms with Gasteiger partial charge in [0.25, 0.3) is 0 Å². The van der Waals surface area contributed by atoms with Crippen molar-refractivity contribution < 1.29 is 5.11 Å². The maximum absolute atomic E-state index is 9.13. The maximum Gasteiger partial charge on any atom is 0.0431 e. The number of hydrogen-bond donors (Lipinski definition) is 1. The lowest BCUT2D eigenvalue weighted by molar-refractivity contribution is 0.285. The number of unbranched alkanes of at least 4 members (excludes halogenated alkanes) is 32. The predicted molar refractivity (Wildman–Crippen MR) is 197 cm³/mol. The molecule has 0 aromatic carbocycles. The third-order valence-corrected chi connectivity index (χ3v) is 9.75. The van der Waals surface area contributed by atoms with Gasteiger partial charge in [0, 0.05) is 6.61 Å². The van der Waals surface area contributed by atoms with E-state index in [0.29, 0.717) is 6.61 Å². The highest BCUT2D eigenvalue weighted by molar-refractivity contribution is 5.02. The maximum atomic E-state index is 9.13. The summed E-state index contributed by atoms with van der Waals surface area (Å²) >= 11 is 0. The zero-order valence-electron chi connectivity index (χ0n) is 30.4. The van der Waals surface area contributed by atoms with E-state index in [1.165, 1.54) is 225 Å². The number of aliphatic hydroxyl groups is 1. The van der Waals surface area contributed by atoms with Gasteiger partial charge in [0.15, 0.2) is 0 Å². The van der Waals surface area contributed by atoms with Gasteiger partial charge < -0.3 is 5.11 Å². The Hall–Kier alpha value is -0.300. The summed E-state index contributed by atoms with van der Waals surface area (Å²) in [7, 11) is 0. The Balaban J connectivity index is 3.64. The van der Waals surface area contributed by atoms with Crippen LogP contribution in [-0.2, 0) is 0 Å². The van der Waals surface area contributed by atoms with Gasteiger partial charge in [-0.2, -0.15) is 0 Å². The molecule has 0 heterocycles. The zero-order valence-corrected chi connectivity index (χ0v) is 30.4. The molecule has 0 aliphatic heterocycles. The van der Waals surface area contributed by atoms with Crippen molar-refractivity contribution in [3.05, 3.63) is 11.6 Å². The molecule has 0 saturated carbocycles. The first-order valence-electron chi connectivity index (χ1n) is 20.6. The van der Waals surface area contributed by atoms with E-state index in [9.17, 15) is 0 Å². The van der Waals surface area contributed by atoms with E-state index in [-0.39, 0.29) is 0 Å². The van der Waals surface area contributed by atoms with E-state index in [4.69, 9.17) is 5.11 Å². The van der Waals surface area contributed by atoms with Gasteiger partial charge in [-0.05, 0) is 44.9 Å². The largest absolute Gasteiger partial charge is 0.396 e. The molecule has 0 saturated heterocycles. The lowest BCUT2D eigenvalue weighted by Crippen LogP contribution is -1.90. The van der Waals surface area contributed by atoms with Crippen LogP contribution in [0.15, 0.2) is 11.6 Å². The van der Waals surface area contributed by atoms with Crippen molar-refractivity contribution in [1.29, 1.82) is 0 Å². The first-order chi connectivity index (χ1) is 21.3. The second kappa shape index (κ2) is 39.7. The number of hydrogen-bond acceptors (Lipinski definition) is 1. The molecular formula is C42H84O.